The Labute approximate surface area is 617 Å². The number of furan rings is 2. The number of nitrogens with zero attached hydrogens (tertiary/aromatic N) is 2. The molecule has 0 unspecified atom stereocenters. The highest BCUT2D eigenvalue weighted by atomic mass is 28.3. The second-order valence-corrected chi connectivity index (χ2v) is 38.7. The maximum absolute atomic E-state index is 7.40. The normalized spacial score (nSPS) is 13.0. The zero-order valence-corrected chi connectivity index (χ0v) is 62.7. The third-order valence-corrected chi connectivity index (χ3v) is 32.1. The summed E-state index contributed by atoms with van der Waals surface area (Å²) in [5, 5.41) is 17.0. The molecule has 2 aromatic heterocycles. The van der Waals surface area contributed by atoms with E-state index in [2.05, 4.69) is 417 Å². The fraction of sp³-hybridized carbons (Fsp3) is 0.111. The van der Waals surface area contributed by atoms with E-state index in [-0.39, 0.29) is 10.8 Å². The van der Waals surface area contributed by atoms with Gasteiger partial charge in [-0.3, -0.25) is 0 Å². The van der Waals surface area contributed by atoms with Crippen molar-refractivity contribution in [1.82, 2.24) is 0 Å². The van der Waals surface area contributed by atoms with Gasteiger partial charge in [0.05, 0.1) is 17.1 Å². The monoisotopic (exact) mass is 1390 g/mol. The largest absolute Gasteiger partial charge is 0.454 e. The summed E-state index contributed by atoms with van der Waals surface area (Å²) < 4.78 is 14.7. The number of para-hydroxylation sites is 2. The summed E-state index contributed by atoms with van der Waals surface area (Å²) in [6.07, 6.45) is 0. The molecule has 0 N–H and O–H groups in total. The van der Waals surface area contributed by atoms with Crippen LogP contribution in [0.2, 0.25) is 0 Å². The number of hydrogen-bond donors (Lipinski definition) is 0. The van der Waals surface area contributed by atoms with E-state index >= 15 is 0 Å². The summed E-state index contributed by atoms with van der Waals surface area (Å²) in [6.45, 7) is 18.7. The molecule has 1 aliphatic carbocycles. The number of rotatable bonds is 14. The maximum Gasteiger partial charge on any atom is 0.179 e. The number of hydrogen-bond acceptors (Lipinski definition) is 4. The molecule has 2 heterocycles. The Morgan fingerprint density at radius 1 is 0.267 bits per heavy atom. The molecule has 0 fully saturated rings. The van der Waals surface area contributed by atoms with Crippen LogP contribution in [0.3, 0.4) is 0 Å². The van der Waals surface area contributed by atoms with Gasteiger partial charge in [0.15, 0.2) is 27.3 Å². The lowest BCUT2D eigenvalue weighted by Gasteiger charge is -2.36. The smallest absolute Gasteiger partial charge is 0.179 e. The zero-order chi connectivity index (χ0) is 71.4. The fourth-order valence-electron chi connectivity index (χ4n) is 17.4. The molecule has 0 bridgehead atoms. The molecule has 0 aliphatic heterocycles. The minimum atomic E-state index is -3.16. The van der Waals surface area contributed by atoms with Crippen molar-refractivity contribution >= 4 is 146 Å². The van der Waals surface area contributed by atoms with Crippen LogP contribution in [0.15, 0.2) is 361 Å². The van der Waals surface area contributed by atoms with Gasteiger partial charge in [-0.2, -0.15) is 0 Å². The van der Waals surface area contributed by atoms with E-state index in [4.69, 9.17) is 8.83 Å². The van der Waals surface area contributed by atoms with Crippen LogP contribution in [0.5, 0.6) is 0 Å². The molecule has 6 heteroatoms. The van der Waals surface area contributed by atoms with Gasteiger partial charge in [-0.1, -0.05) is 328 Å². The Bertz CT molecular complexity index is 5920. The summed E-state index contributed by atoms with van der Waals surface area (Å²) in [6, 6.07) is 133. The van der Waals surface area contributed by atoms with E-state index in [0.717, 1.165) is 83.4 Å². The highest BCUT2D eigenvalue weighted by Gasteiger charge is 2.46. The predicted molar refractivity (Wildman–Crippen MR) is 450 cm³/mol. The third-order valence-electron chi connectivity index (χ3n) is 22.6. The highest BCUT2D eigenvalue weighted by Crippen LogP contribution is 2.57. The lowest BCUT2D eigenvalue weighted by Crippen LogP contribution is -2.74. The first kappa shape index (κ1) is 65.2. The molecule has 15 aromatic carbocycles. The third kappa shape index (κ3) is 10.6. The molecule has 1 aliphatic rings. The van der Waals surface area contributed by atoms with Crippen molar-refractivity contribution < 1.29 is 8.83 Å². The average molecular weight is 1390 g/mol. The molecule has 0 saturated carbocycles. The van der Waals surface area contributed by atoms with Crippen molar-refractivity contribution in [2.75, 3.05) is 9.80 Å². The quantitative estimate of drug-likeness (QED) is 0.0802. The van der Waals surface area contributed by atoms with Crippen LogP contribution in [-0.4, -0.2) is 16.1 Å². The molecule has 0 spiro atoms. The number of anilines is 6. The summed E-state index contributed by atoms with van der Waals surface area (Å²) in [7, 11) is -6.30. The Morgan fingerprint density at radius 2 is 0.600 bits per heavy atom. The lowest BCUT2D eigenvalue weighted by atomic mass is 9.81. The number of fused-ring (bicyclic) bond motifs is 11. The fourth-order valence-corrected chi connectivity index (χ4v) is 27.0. The lowest BCUT2D eigenvalue weighted by molar-refractivity contribution is 0.590. The SMILES string of the molecule is CC(C)(C)c1ccc(N(c2ccc3c(c2)C(C)(C)c2cc(N(c4ccc(C(C)(C)C)cc4)c4cc([Si](c5ccccc5)(c5ccccc5)c5ccccc5)cc5c4oc4ccccc45)c4ccccc4c2-3)c2cc([Si](c3ccccc3)(c3ccccc3)c3ccccc3)cc3c2oc2ccccc23)cc1. The Balaban J connectivity index is 0.894. The highest BCUT2D eigenvalue weighted by molar-refractivity contribution is 7.20. The van der Waals surface area contributed by atoms with E-state index in [1.807, 2.05) is 0 Å². The van der Waals surface area contributed by atoms with Gasteiger partial charge in [0.25, 0.3) is 0 Å². The van der Waals surface area contributed by atoms with Gasteiger partial charge in [-0.05, 0) is 170 Å². The Kier molecular flexibility index (Phi) is 15.7. The summed E-state index contributed by atoms with van der Waals surface area (Å²) >= 11 is 0. The van der Waals surface area contributed by atoms with Crippen LogP contribution < -0.4 is 51.3 Å². The summed E-state index contributed by atoms with van der Waals surface area (Å²) in [5.41, 5.74) is 16.4. The van der Waals surface area contributed by atoms with E-state index in [1.54, 1.807) is 0 Å². The topological polar surface area (TPSA) is 32.8 Å². The van der Waals surface area contributed by atoms with Gasteiger partial charge in [0.1, 0.15) is 11.2 Å². The van der Waals surface area contributed by atoms with Crippen LogP contribution >= 0.6 is 0 Å². The van der Waals surface area contributed by atoms with Gasteiger partial charge in [-0.15, -0.1) is 0 Å². The van der Waals surface area contributed by atoms with Gasteiger partial charge in [-0.25, -0.2) is 0 Å². The van der Waals surface area contributed by atoms with Crippen molar-refractivity contribution in [2.45, 2.75) is 71.6 Å². The molecule has 508 valence electrons. The molecular weight excluding hydrogens is 1310 g/mol. The minimum Gasteiger partial charge on any atom is -0.454 e. The van der Waals surface area contributed by atoms with Gasteiger partial charge in [0, 0.05) is 49.4 Å². The second-order valence-electron chi connectivity index (χ2n) is 31.1. The Morgan fingerprint density at radius 3 is 0.990 bits per heavy atom. The van der Waals surface area contributed by atoms with Crippen molar-refractivity contribution in [3.63, 3.8) is 0 Å². The van der Waals surface area contributed by atoms with Gasteiger partial charge >= 0.3 is 0 Å². The molecule has 17 aromatic rings. The summed E-state index contributed by atoms with van der Waals surface area (Å²) in [4.78, 5) is 5.05. The first-order valence-electron chi connectivity index (χ1n) is 36.9. The van der Waals surface area contributed by atoms with Crippen molar-refractivity contribution in [1.29, 1.82) is 0 Å². The van der Waals surface area contributed by atoms with E-state index in [1.165, 1.54) is 80.3 Å². The van der Waals surface area contributed by atoms with Gasteiger partial charge < -0.3 is 18.6 Å². The molecule has 0 radical (unpaired) electrons. The van der Waals surface area contributed by atoms with Crippen molar-refractivity contribution in [2.24, 2.45) is 0 Å². The predicted octanol–water partition coefficient (Wildman–Crippen LogP) is 21.2. The number of benzene rings is 15. The van der Waals surface area contributed by atoms with Crippen molar-refractivity contribution in [3.8, 4) is 11.1 Å². The van der Waals surface area contributed by atoms with Crippen LogP contribution in [0, 0.1) is 0 Å². The van der Waals surface area contributed by atoms with Crippen LogP contribution in [0.1, 0.15) is 77.6 Å². The van der Waals surface area contributed by atoms with Crippen LogP contribution in [0.4, 0.5) is 34.1 Å². The molecule has 0 atom stereocenters. The molecule has 105 heavy (non-hydrogen) atoms. The molecule has 0 saturated heterocycles. The molecular formula is C99H82N2O2Si2. The van der Waals surface area contributed by atoms with Gasteiger partial charge in [0.2, 0.25) is 0 Å². The first-order chi connectivity index (χ1) is 51.1. The zero-order valence-electron chi connectivity index (χ0n) is 60.7. The molecule has 0 amide bonds. The Hall–Kier alpha value is -11.8. The molecule has 4 nitrogen and oxygen atoms in total. The van der Waals surface area contributed by atoms with E-state index in [9.17, 15) is 0 Å². The van der Waals surface area contributed by atoms with E-state index in [0.29, 0.717) is 0 Å². The minimum absolute atomic E-state index is 0.0718. The first-order valence-corrected chi connectivity index (χ1v) is 40.9. The van der Waals surface area contributed by atoms with Crippen molar-refractivity contribution in [3.05, 3.63) is 374 Å². The standard InChI is InChI=1S/C99H82N2O2Si2/c1-97(2,3)67-51-55-69(56-52-67)100(90-64-78(62-85-81-46-29-31-49-92(81)102-95(85)90)104(72-33-15-9-16-34-72,73-35-17-10-18-36-73)74-37-19-11-20-38-74)71-59-60-84-87(61-71)99(7,8)88-66-89(80-45-27-28-48-83(80)94(84)88)101(70-57-53-68(54-58-70)98(4,5)6)91-65-79(63-86-82-47-30-32-50-93(82)103-96(86)91)105(75-39-21-12-22-40-75,76-41-23-13-24-42-76)77-43-25-14-26-44-77/h9-66H,1-8H3. The van der Waals surface area contributed by atoms with Crippen LogP contribution in [0.25, 0.3) is 65.8 Å². The molecule has 18 rings (SSSR count). The maximum atomic E-state index is 7.40. The average Bonchev–Trinajstić information content (AvgIpc) is 1.66. The van der Waals surface area contributed by atoms with E-state index < -0.39 is 21.6 Å². The van der Waals surface area contributed by atoms with Crippen LogP contribution in [-0.2, 0) is 16.2 Å². The second kappa shape index (κ2) is 25.3. The summed E-state index contributed by atoms with van der Waals surface area (Å²) in [5.74, 6) is 0.